The van der Waals surface area contributed by atoms with Crippen LogP contribution in [0.1, 0.15) is 31.8 Å². The third-order valence-corrected chi connectivity index (χ3v) is 5.31. The number of hydrogen-bond donors (Lipinski definition) is 2. The van der Waals surface area contributed by atoms with Gasteiger partial charge in [-0.05, 0) is 68.1 Å². The fraction of sp³-hybridized carbons (Fsp3) is 0. The average molecular weight is 703 g/mol. The number of carboxylic acids is 4. The van der Waals surface area contributed by atoms with Crippen molar-refractivity contribution in [3.63, 3.8) is 0 Å². The van der Waals surface area contributed by atoms with E-state index in [1.807, 2.05) is 0 Å². The van der Waals surface area contributed by atoms with Crippen LogP contribution in [0.25, 0.3) is 33.7 Å². The normalized spacial score (nSPS) is 9.90. The van der Waals surface area contributed by atoms with Crippen molar-refractivity contribution in [1.82, 2.24) is 0 Å². The summed E-state index contributed by atoms with van der Waals surface area (Å²) in [5.74, 6) is -7.11. The first-order valence-corrected chi connectivity index (χ1v) is 10.7. The third kappa shape index (κ3) is 10.7. The van der Waals surface area contributed by atoms with Crippen LogP contribution in [0.5, 0.6) is 11.5 Å². The first-order valence-electron chi connectivity index (χ1n) is 10.7. The predicted octanol–water partition coefficient (Wildman–Crippen LogP) is -8.62. The summed E-state index contributed by atoms with van der Waals surface area (Å²) in [4.78, 5) is 42.9. The first kappa shape index (κ1) is 42.3. The molecule has 0 fully saturated rings. The Kier molecular flexibility index (Phi) is 19.6. The Morgan fingerprint density at radius 2 is 0.905 bits per heavy atom. The van der Waals surface area contributed by atoms with Gasteiger partial charge in [0.05, 0.1) is 11.9 Å². The number of rotatable bonds is 6. The summed E-state index contributed by atoms with van der Waals surface area (Å²) in [6, 6.07) is 15.7. The van der Waals surface area contributed by atoms with Crippen molar-refractivity contribution in [2.24, 2.45) is 0 Å². The summed E-state index contributed by atoms with van der Waals surface area (Å²) < 4.78 is 0. The maximum absolute atomic E-state index is 12.0. The predicted molar refractivity (Wildman–Crippen MR) is 135 cm³/mol. The summed E-state index contributed by atoms with van der Waals surface area (Å²) in [6.45, 7) is 0. The SMILES string of the molecule is O=C(O)/C=C/c1c([O-])c(C(=O)[O-])cc2ccccc12.O=C(O)/C=C/c1c([O-])c(C(=O)[O-])cc2ccccc12.[Na+].[Na+].[Na+].[Sb+3]. The first-order chi connectivity index (χ1) is 18.0. The van der Waals surface area contributed by atoms with E-state index in [1.54, 1.807) is 48.5 Å². The summed E-state index contributed by atoms with van der Waals surface area (Å²) in [5, 5.41) is 65.0. The molecule has 0 spiro atoms. The van der Waals surface area contributed by atoms with Crippen LogP contribution >= 0.6 is 0 Å². The molecule has 4 rings (SSSR count). The Morgan fingerprint density at radius 1 is 0.595 bits per heavy atom. The van der Waals surface area contributed by atoms with Gasteiger partial charge in [-0.3, -0.25) is 0 Å². The Labute approximate surface area is 323 Å². The fourth-order valence-corrected chi connectivity index (χ4v) is 3.66. The van der Waals surface area contributed by atoms with Gasteiger partial charge in [0.2, 0.25) is 0 Å². The van der Waals surface area contributed by atoms with Crippen LogP contribution in [0.3, 0.4) is 0 Å². The van der Waals surface area contributed by atoms with Gasteiger partial charge in [-0.25, -0.2) is 9.59 Å². The fourth-order valence-electron chi connectivity index (χ4n) is 3.66. The van der Waals surface area contributed by atoms with E-state index < -0.39 is 46.5 Å². The number of hydrogen-bond acceptors (Lipinski definition) is 8. The van der Waals surface area contributed by atoms with E-state index in [9.17, 15) is 39.6 Å². The molecule has 0 saturated heterocycles. The van der Waals surface area contributed by atoms with Crippen molar-refractivity contribution in [3.8, 4) is 11.5 Å². The van der Waals surface area contributed by atoms with Crippen LogP contribution in [-0.2, 0) is 9.59 Å². The van der Waals surface area contributed by atoms with E-state index in [4.69, 9.17) is 10.2 Å². The summed E-state index contributed by atoms with van der Waals surface area (Å²) in [6.07, 6.45) is 3.78. The number of aliphatic carboxylic acids is 2. The molecule has 0 aliphatic heterocycles. The number of carbonyl (C=O) groups excluding carboxylic acids is 2. The smallest absolute Gasteiger partial charge is 0.872 e. The van der Waals surface area contributed by atoms with Gasteiger partial charge < -0.3 is 40.2 Å². The average Bonchev–Trinajstić information content (AvgIpc) is 2.86. The van der Waals surface area contributed by atoms with Crippen LogP contribution in [0.4, 0.5) is 0 Å². The molecule has 2 N–H and O–H groups in total. The Hall–Kier alpha value is -1.82. The van der Waals surface area contributed by atoms with Crippen molar-refractivity contribution in [2.75, 3.05) is 0 Å². The number of carboxylic acid groups (broad SMARTS) is 4. The van der Waals surface area contributed by atoms with Gasteiger partial charge in [0.25, 0.3) is 0 Å². The molecule has 4 aromatic rings. The molecule has 0 aliphatic carbocycles. The maximum atomic E-state index is 12.0. The number of carbonyl (C=O) groups is 4. The molecule has 0 saturated carbocycles. The molecule has 0 amide bonds. The Morgan fingerprint density at radius 3 is 1.19 bits per heavy atom. The van der Waals surface area contributed by atoms with Gasteiger partial charge in [0, 0.05) is 12.2 Å². The molecule has 0 bridgehead atoms. The topological polar surface area (TPSA) is 201 Å². The monoisotopic (exact) mass is 702 g/mol. The van der Waals surface area contributed by atoms with Crippen LogP contribution in [-0.4, -0.2) is 58.5 Å². The second kappa shape index (κ2) is 19.5. The van der Waals surface area contributed by atoms with Gasteiger partial charge in [-0.1, -0.05) is 60.0 Å². The van der Waals surface area contributed by atoms with Gasteiger partial charge in [0.1, 0.15) is 0 Å². The molecule has 194 valence electrons. The molecule has 0 aromatic heterocycles. The van der Waals surface area contributed by atoms with Crippen LogP contribution in [0.2, 0.25) is 0 Å². The quantitative estimate of drug-likeness (QED) is 0.144. The minimum Gasteiger partial charge on any atom is -0.872 e. The molecule has 42 heavy (non-hydrogen) atoms. The molecular weight excluding hydrogens is 687 g/mol. The van der Waals surface area contributed by atoms with E-state index in [0.29, 0.717) is 21.5 Å². The van der Waals surface area contributed by atoms with Gasteiger partial charge in [0.15, 0.2) is 0 Å². The van der Waals surface area contributed by atoms with E-state index in [0.717, 1.165) is 24.3 Å². The van der Waals surface area contributed by atoms with Crippen molar-refractivity contribution < 1.29 is 138 Å². The van der Waals surface area contributed by atoms with Gasteiger partial charge in [-0.2, -0.15) is 0 Å². The second-order valence-corrected chi connectivity index (χ2v) is 7.69. The number of fused-ring (bicyclic) bond motifs is 2. The van der Waals surface area contributed by atoms with Crippen LogP contribution in [0, 0.1) is 0 Å². The van der Waals surface area contributed by atoms with Gasteiger partial charge in [-0.15, -0.1) is 0 Å². The minimum absolute atomic E-state index is 0. The molecule has 2 radical (unpaired) electrons. The Balaban J connectivity index is 0. The van der Waals surface area contributed by atoms with Crippen molar-refractivity contribution in [3.05, 3.63) is 95.1 Å². The minimum atomic E-state index is -1.58. The standard InChI is InChI=1S/2C14H10O5.3Na.Sb/c2*15-12(16)6-5-10-9-4-2-1-3-8(9)7-11(13(10)17)14(18)19;;;;/h2*1-7,17H,(H,15,16)(H,18,19);;;;/q;;3*+1;+3/p-4/b2*6-5+;;;;. The number of benzene rings is 4. The molecule has 0 heterocycles. The summed E-state index contributed by atoms with van der Waals surface area (Å²) in [5.41, 5.74) is -0.910. The summed E-state index contributed by atoms with van der Waals surface area (Å²) >= 11 is 0. The van der Waals surface area contributed by atoms with Crippen molar-refractivity contribution >= 4 is 82.0 Å². The molecule has 0 aliphatic rings. The van der Waals surface area contributed by atoms with Crippen molar-refractivity contribution in [2.45, 2.75) is 0 Å². The van der Waals surface area contributed by atoms with E-state index >= 15 is 0 Å². The largest absolute Gasteiger partial charge is 3.00 e. The molecule has 4 aromatic carbocycles. The van der Waals surface area contributed by atoms with E-state index in [1.165, 1.54) is 12.1 Å². The van der Waals surface area contributed by atoms with Crippen LogP contribution < -0.4 is 109 Å². The van der Waals surface area contributed by atoms with Crippen molar-refractivity contribution in [1.29, 1.82) is 0 Å². The summed E-state index contributed by atoms with van der Waals surface area (Å²) in [7, 11) is 0. The molecule has 0 atom stereocenters. The molecule has 0 unspecified atom stereocenters. The molecule has 10 nitrogen and oxygen atoms in total. The number of aromatic carboxylic acids is 2. The zero-order valence-corrected chi connectivity index (χ0v) is 31.2. The second-order valence-electron chi connectivity index (χ2n) is 7.69. The maximum Gasteiger partial charge on any atom is 3.00 e. The molecule has 14 heteroatoms. The molecular formula is C28H16Na3O10Sb+2. The third-order valence-electron chi connectivity index (χ3n) is 5.31. The van der Waals surface area contributed by atoms with E-state index in [2.05, 4.69) is 0 Å². The van der Waals surface area contributed by atoms with Crippen LogP contribution in [0.15, 0.2) is 72.8 Å². The van der Waals surface area contributed by atoms with E-state index in [-0.39, 0.29) is 124 Å². The Bertz CT molecular complexity index is 1550. The van der Waals surface area contributed by atoms with Gasteiger partial charge >= 0.3 is 125 Å². The zero-order valence-electron chi connectivity index (χ0n) is 22.7. The zero-order chi connectivity index (χ0) is 28.0.